The van der Waals surface area contributed by atoms with Gasteiger partial charge in [-0.1, -0.05) is 80.6 Å². The average Bonchev–Trinajstić information content (AvgIpc) is 2.87. The van der Waals surface area contributed by atoms with Crippen molar-refractivity contribution < 1.29 is 9.47 Å². The van der Waals surface area contributed by atoms with Crippen molar-refractivity contribution in [2.75, 3.05) is 14.2 Å². The van der Waals surface area contributed by atoms with E-state index in [0.29, 0.717) is 11.8 Å². The maximum absolute atomic E-state index is 5.46. The number of rotatable bonds is 8. The summed E-state index contributed by atoms with van der Waals surface area (Å²) in [6.45, 7) is 4.62. The van der Waals surface area contributed by atoms with Gasteiger partial charge in [0.25, 0.3) is 0 Å². The van der Waals surface area contributed by atoms with Crippen molar-refractivity contribution in [3.05, 3.63) is 101 Å². The minimum absolute atomic E-state index is 0.201. The van der Waals surface area contributed by atoms with Gasteiger partial charge in [-0.2, -0.15) is 0 Å². The van der Waals surface area contributed by atoms with Crippen LogP contribution in [-0.2, 0) is 11.2 Å². The van der Waals surface area contributed by atoms with Crippen LogP contribution in [0.1, 0.15) is 61.3 Å². The molecule has 0 saturated heterocycles. The van der Waals surface area contributed by atoms with Crippen LogP contribution in [0.15, 0.2) is 78.9 Å². The molecule has 2 atom stereocenters. The van der Waals surface area contributed by atoms with Gasteiger partial charge in [0.05, 0.1) is 13.2 Å². The second-order valence-electron chi connectivity index (χ2n) is 9.46. The van der Waals surface area contributed by atoms with Crippen molar-refractivity contribution in [3.8, 4) is 5.75 Å². The Bertz CT molecular complexity index is 1070. The van der Waals surface area contributed by atoms with Gasteiger partial charge < -0.3 is 9.47 Å². The standard InChI is InChI=1S/C31H36O2/c1-22(2)5-6-28-21-27(25-13-18-30(33-4)19-14-25)15-20-31(28)26-9-7-23(8-10-26)24-11-16-29(32-3)17-12-24/h7-9,11-18,20-22,26,30H,5-6,10,19H2,1-4H3. The lowest BCUT2D eigenvalue weighted by molar-refractivity contribution is 0.143. The van der Waals surface area contributed by atoms with Crippen molar-refractivity contribution in [1.29, 1.82) is 0 Å². The maximum atomic E-state index is 5.46. The molecule has 33 heavy (non-hydrogen) atoms. The molecule has 172 valence electrons. The molecule has 2 heteroatoms. The molecule has 2 aliphatic rings. The third kappa shape index (κ3) is 5.75. The first-order valence-electron chi connectivity index (χ1n) is 12.1. The number of benzene rings is 2. The molecule has 2 unspecified atom stereocenters. The highest BCUT2D eigenvalue weighted by atomic mass is 16.5. The number of methoxy groups -OCH3 is 2. The van der Waals surface area contributed by atoms with Gasteiger partial charge in [-0.25, -0.2) is 0 Å². The molecule has 2 nitrogen and oxygen atoms in total. The van der Waals surface area contributed by atoms with Gasteiger partial charge in [0.15, 0.2) is 0 Å². The smallest absolute Gasteiger partial charge is 0.118 e. The molecule has 0 bridgehead atoms. The van der Waals surface area contributed by atoms with E-state index in [-0.39, 0.29) is 6.10 Å². The number of hydrogen-bond donors (Lipinski definition) is 0. The third-order valence-corrected chi connectivity index (χ3v) is 6.75. The van der Waals surface area contributed by atoms with Crippen LogP contribution in [0.4, 0.5) is 0 Å². The molecule has 0 radical (unpaired) electrons. The zero-order valence-corrected chi connectivity index (χ0v) is 20.4. The fourth-order valence-electron chi connectivity index (χ4n) is 4.65. The summed E-state index contributed by atoms with van der Waals surface area (Å²) < 4.78 is 10.8. The third-order valence-electron chi connectivity index (χ3n) is 6.75. The van der Waals surface area contributed by atoms with Crippen molar-refractivity contribution in [1.82, 2.24) is 0 Å². The van der Waals surface area contributed by atoms with Crippen LogP contribution in [0.5, 0.6) is 5.75 Å². The van der Waals surface area contributed by atoms with Crippen LogP contribution >= 0.6 is 0 Å². The molecule has 0 spiro atoms. The van der Waals surface area contributed by atoms with Crippen LogP contribution in [-0.4, -0.2) is 20.3 Å². The minimum atomic E-state index is 0.201. The van der Waals surface area contributed by atoms with Crippen molar-refractivity contribution in [3.63, 3.8) is 0 Å². The van der Waals surface area contributed by atoms with E-state index in [4.69, 9.17) is 9.47 Å². The van der Waals surface area contributed by atoms with Gasteiger partial charge in [0, 0.05) is 13.0 Å². The van der Waals surface area contributed by atoms with Crippen molar-refractivity contribution in [2.45, 2.75) is 51.6 Å². The highest BCUT2D eigenvalue weighted by Crippen LogP contribution is 2.35. The summed E-state index contributed by atoms with van der Waals surface area (Å²) in [6.07, 6.45) is 18.2. The van der Waals surface area contributed by atoms with Gasteiger partial charge in [0.1, 0.15) is 5.75 Å². The first kappa shape index (κ1) is 23.3. The molecular weight excluding hydrogens is 404 g/mol. The number of aryl methyl sites for hydroxylation is 1. The van der Waals surface area contributed by atoms with E-state index < -0.39 is 0 Å². The van der Waals surface area contributed by atoms with Crippen LogP contribution in [0, 0.1) is 5.92 Å². The Labute approximate surface area is 199 Å². The van der Waals surface area contributed by atoms with Crippen LogP contribution in [0.3, 0.4) is 0 Å². The van der Waals surface area contributed by atoms with E-state index in [1.165, 1.54) is 39.8 Å². The highest BCUT2D eigenvalue weighted by Gasteiger charge is 2.18. The van der Waals surface area contributed by atoms with Gasteiger partial charge in [-0.3, -0.25) is 0 Å². The van der Waals surface area contributed by atoms with E-state index in [1.54, 1.807) is 14.2 Å². The summed E-state index contributed by atoms with van der Waals surface area (Å²) in [4.78, 5) is 0. The Hall–Kier alpha value is -2.84. The fourth-order valence-corrected chi connectivity index (χ4v) is 4.65. The molecule has 0 aliphatic heterocycles. The summed E-state index contributed by atoms with van der Waals surface area (Å²) in [6, 6.07) is 15.4. The van der Waals surface area contributed by atoms with E-state index in [1.807, 2.05) is 12.1 Å². The summed E-state index contributed by atoms with van der Waals surface area (Å²) in [5.41, 5.74) is 8.11. The van der Waals surface area contributed by atoms with Crippen LogP contribution in [0.25, 0.3) is 11.1 Å². The SMILES string of the molecule is COc1ccc(C2=CCC(c3ccc(C4=CCC(OC)C=C4)cc3CCC(C)C)C=C2)cc1. The molecule has 0 aromatic heterocycles. The normalized spacial score (nSPS) is 20.0. The van der Waals surface area contributed by atoms with E-state index in [0.717, 1.165) is 25.0 Å². The highest BCUT2D eigenvalue weighted by molar-refractivity contribution is 5.77. The van der Waals surface area contributed by atoms with Gasteiger partial charge >= 0.3 is 0 Å². The van der Waals surface area contributed by atoms with E-state index in [9.17, 15) is 0 Å². The Kier molecular flexibility index (Phi) is 7.67. The summed E-state index contributed by atoms with van der Waals surface area (Å²) in [7, 11) is 3.48. The van der Waals surface area contributed by atoms with E-state index in [2.05, 4.69) is 80.6 Å². The monoisotopic (exact) mass is 440 g/mol. The van der Waals surface area contributed by atoms with Gasteiger partial charge in [0.2, 0.25) is 0 Å². The molecule has 2 aliphatic carbocycles. The lowest BCUT2D eigenvalue weighted by Crippen LogP contribution is -2.09. The van der Waals surface area contributed by atoms with Gasteiger partial charge in [-0.15, -0.1) is 0 Å². The molecule has 0 heterocycles. The Morgan fingerprint density at radius 2 is 1.55 bits per heavy atom. The lowest BCUT2D eigenvalue weighted by atomic mass is 9.83. The molecule has 0 saturated carbocycles. The lowest BCUT2D eigenvalue weighted by Gasteiger charge is -2.22. The van der Waals surface area contributed by atoms with Crippen LogP contribution < -0.4 is 4.74 Å². The molecule has 2 aromatic carbocycles. The second-order valence-corrected chi connectivity index (χ2v) is 9.46. The Balaban J connectivity index is 1.55. The second kappa shape index (κ2) is 10.9. The van der Waals surface area contributed by atoms with Gasteiger partial charge in [-0.05, 0) is 77.1 Å². The molecule has 0 N–H and O–H groups in total. The fraction of sp³-hybridized carbons (Fsp3) is 0.355. The van der Waals surface area contributed by atoms with Crippen molar-refractivity contribution >= 4 is 11.1 Å². The van der Waals surface area contributed by atoms with Crippen LogP contribution in [0.2, 0.25) is 0 Å². The number of ether oxygens (including phenoxy) is 2. The first-order valence-corrected chi connectivity index (χ1v) is 12.1. The maximum Gasteiger partial charge on any atom is 0.118 e. The topological polar surface area (TPSA) is 18.5 Å². The minimum Gasteiger partial charge on any atom is -0.497 e. The summed E-state index contributed by atoms with van der Waals surface area (Å²) in [5, 5.41) is 0. The molecule has 2 aromatic rings. The largest absolute Gasteiger partial charge is 0.497 e. The molecule has 0 fully saturated rings. The predicted octanol–water partition coefficient (Wildman–Crippen LogP) is 7.77. The van der Waals surface area contributed by atoms with E-state index >= 15 is 0 Å². The number of allylic oxidation sites excluding steroid dienone is 6. The number of hydrogen-bond acceptors (Lipinski definition) is 2. The predicted molar refractivity (Wildman–Crippen MR) is 140 cm³/mol. The zero-order chi connectivity index (χ0) is 23.2. The quantitative estimate of drug-likeness (QED) is 0.417. The first-order chi connectivity index (χ1) is 16.1. The summed E-state index contributed by atoms with van der Waals surface area (Å²) >= 11 is 0. The van der Waals surface area contributed by atoms with Crippen molar-refractivity contribution in [2.24, 2.45) is 5.92 Å². The Morgan fingerprint density at radius 1 is 0.848 bits per heavy atom. The molecular formula is C31H36O2. The average molecular weight is 441 g/mol. The zero-order valence-electron chi connectivity index (χ0n) is 20.4. The molecule has 0 amide bonds. The Morgan fingerprint density at radius 3 is 2.15 bits per heavy atom. The molecule has 4 rings (SSSR count). The summed E-state index contributed by atoms with van der Waals surface area (Å²) in [5.74, 6) is 2.02.